The molecule has 1 fully saturated rings. The summed E-state index contributed by atoms with van der Waals surface area (Å²) in [6.07, 6.45) is 6.88. The number of nitrogen functional groups attached to an aromatic ring is 1. The van der Waals surface area contributed by atoms with Crippen LogP contribution in [0.1, 0.15) is 17.4 Å². The molecule has 1 aromatic rings. The predicted octanol–water partition coefficient (Wildman–Crippen LogP) is 2.80. The Bertz CT molecular complexity index is 531. The van der Waals surface area contributed by atoms with Gasteiger partial charge >= 0.3 is 0 Å². The molecular weight excluding hydrogens is 230 g/mol. The number of nitrogens with two attached hydrogens (primary N) is 1. The standard InChI is InChI=1S/C13H13N3S/c14-10-4-1-3-9(7-10)13-16-11-5-2-6-15-8-12(11)17-13/h1,3-8,13,16H,2,14H2. The first-order valence-corrected chi connectivity index (χ1v) is 6.42. The van der Waals surface area contributed by atoms with Crippen LogP contribution in [0, 0.1) is 0 Å². The number of benzene rings is 1. The van der Waals surface area contributed by atoms with Gasteiger partial charge in [-0.2, -0.15) is 0 Å². The van der Waals surface area contributed by atoms with Crippen LogP contribution >= 0.6 is 11.8 Å². The normalized spacial score (nSPS) is 22.2. The maximum absolute atomic E-state index is 5.81. The fraction of sp³-hybridized carbons (Fsp3) is 0.154. The number of aliphatic imine (C=N–C) groups is 1. The molecule has 0 aliphatic carbocycles. The van der Waals surface area contributed by atoms with Crippen LogP contribution in [0.2, 0.25) is 0 Å². The van der Waals surface area contributed by atoms with Crippen LogP contribution in [0.25, 0.3) is 0 Å². The van der Waals surface area contributed by atoms with Crippen molar-refractivity contribution >= 4 is 23.7 Å². The Morgan fingerprint density at radius 2 is 2.35 bits per heavy atom. The van der Waals surface area contributed by atoms with Crippen LogP contribution in [0.5, 0.6) is 0 Å². The Morgan fingerprint density at radius 1 is 1.41 bits per heavy atom. The van der Waals surface area contributed by atoms with Crippen LogP contribution < -0.4 is 11.1 Å². The van der Waals surface area contributed by atoms with Crippen LogP contribution in [-0.4, -0.2) is 6.21 Å². The number of fused-ring (bicyclic) bond motifs is 1. The molecule has 1 atom stereocenters. The Hall–Kier alpha value is -1.68. The molecule has 2 aliphatic heterocycles. The fourth-order valence-electron chi connectivity index (χ4n) is 1.92. The van der Waals surface area contributed by atoms with E-state index in [1.807, 2.05) is 30.6 Å². The molecule has 1 saturated heterocycles. The van der Waals surface area contributed by atoms with Crippen LogP contribution in [0.15, 0.2) is 52.1 Å². The third-order valence-corrected chi connectivity index (χ3v) is 3.94. The molecule has 2 aliphatic rings. The zero-order chi connectivity index (χ0) is 11.7. The summed E-state index contributed by atoms with van der Waals surface area (Å²) in [6.45, 7) is 0. The van der Waals surface area contributed by atoms with E-state index in [9.17, 15) is 0 Å². The van der Waals surface area contributed by atoms with Crippen molar-refractivity contribution in [2.75, 3.05) is 5.73 Å². The number of nitrogens with one attached hydrogen (secondary N) is 1. The van der Waals surface area contributed by atoms with Gasteiger partial charge < -0.3 is 11.1 Å². The molecule has 0 radical (unpaired) electrons. The summed E-state index contributed by atoms with van der Waals surface area (Å²) in [7, 11) is 0. The smallest absolute Gasteiger partial charge is 0.103 e. The van der Waals surface area contributed by atoms with E-state index in [4.69, 9.17) is 5.73 Å². The largest absolute Gasteiger partial charge is 0.399 e. The second kappa shape index (κ2) is 4.30. The average molecular weight is 243 g/mol. The van der Waals surface area contributed by atoms with E-state index in [1.165, 1.54) is 16.2 Å². The van der Waals surface area contributed by atoms with Gasteiger partial charge in [0.1, 0.15) is 5.37 Å². The minimum absolute atomic E-state index is 0.240. The summed E-state index contributed by atoms with van der Waals surface area (Å²) >= 11 is 1.78. The van der Waals surface area contributed by atoms with Crippen molar-refractivity contribution in [2.45, 2.75) is 11.8 Å². The van der Waals surface area contributed by atoms with Gasteiger partial charge in [0.2, 0.25) is 0 Å². The zero-order valence-corrected chi connectivity index (χ0v) is 10.1. The maximum atomic E-state index is 5.81. The van der Waals surface area contributed by atoms with Gasteiger partial charge in [-0.25, -0.2) is 0 Å². The molecule has 3 nitrogen and oxygen atoms in total. The number of hydrogen-bond donors (Lipinski definition) is 2. The van der Waals surface area contributed by atoms with Gasteiger partial charge in [-0.15, -0.1) is 0 Å². The number of anilines is 1. The molecule has 3 rings (SSSR count). The molecule has 4 heteroatoms. The summed E-state index contributed by atoms with van der Waals surface area (Å²) in [4.78, 5) is 5.43. The minimum atomic E-state index is 0.240. The molecule has 0 saturated carbocycles. The van der Waals surface area contributed by atoms with Gasteiger partial charge in [-0.3, -0.25) is 4.99 Å². The molecule has 0 bridgehead atoms. The molecule has 86 valence electrons. The fourth-order valence-corrected chi connectivity index (χ4v) is 3.03. The lowest BCUT2D eigenvalue weighted by molar-refractivity contribution is 0.831. The first-order valence-electron chi connectivity index (χ1n) is 5.54. The predicted molar refractivity (Wildman–Crippen MR) is 73.6 cm³/mol. The Balaban J connectivity index is 1.89. The van der Waals surface area contributed by atoms with Gasteiger partial charge in [0.05, 0.1) is 4.91 Å². The van der Waals surface area contributed by atoms with E-state index in [1.54, 1.807) is 11.8 Å². The highest BCUT2D eigenvalue weighted by Gasteiger charge is 2.25. The second-order valence-corrected chi connectivity index (χ2v) is 5.14. The number of hydrogen-bond acceptors (Lipinski definition) is 4. The van der Waals surface area contributed by atoms with Gasteiger partial charge in [-0.05, 0) is 17.7 Å². The maximum Gasteiger partial charge on any atom is 0.103 e. The summed E-state index contributed by atoms with van der Waals surface area (Å²) in [5, 5.41) is 3.74. The summed E-state index contributed by atoms with van der Waals surface area (Å²) in [5.41, 5.74) is 8.99. The highest BCUT2D eigenvalue weighted by Crippen LogP contribution is 2.43. The van der Waals surface area contributed by atoms with Gasteiger partial charge in [-0.1, -0.05) is 30.0 Å². The highest BCUT2D eigenvalue weighted by molar-refractivity contribution is 8.03. The molecule has 1 aromatic carbocycles. The summed E-state index contributed by atoms with van der Waals surface area (Å²) < 4.78 is 0. The summed E-state index contributed by atoms with van der Waals surface area (Å²) in [6, 6.07) is 8.00. The van der Waals surface area contributed by atoms with Gasteiger partial charge in [0, 0.05) is 30.2 Å². The lowest BCUT2D eigenvalue weighted by atomic mass is 10.2. The average Bonchev–Trinajstić information content (AvgIpc) is 2.61. The van der Waals surface area contributed by atoms with E-state index >= 15 is 0 Å². The van der Waals surface area contributed by atoms with Crippen LogP contribution in [-0.2, 0) is 0 Å². The van der Waals surface area contributed by atoms with Crippen molar-refractivity contribution in [1.82, 2.24) is 5.32 Å². The van der Waals surface area contributed by atoms with Crippen molar-refractivity contribution in [3.8, 4) is 0 Å². The Labute approximate surface area is 105 Å². The molecular formula is C13H13N3S. The lowest BCUT2D eigenvalue weighted by Crippen LogP contribution is -2.10. The molecule has 1 unspecified atom stereocenters. The van der Waals surface area contributed by atoms with E-state index in [2.05, 4.69) is 22.5 Å². The Kier molecular flexibility index (Phi) is 2.65. The molecule has 0 amide bonds. The first-order chi connectivity index (χ1) is 8.33. The molecule has 3 N–H and O–H groups in total. The van der Waals surface area contributed by atoms with E-state index < -0.39 is 0 Å². The number of rotatable bonds is 1. The van der Waals surface area contributed by atoms with Crippen LogP contribution in [0.4, 0.5) is 5.69 Å². The third kappa shape index (κ3) is 2.08. The summed E-state index contributed by atoms with van der Waals surface area (Å²) in [5.74, 6) is 0. The molecule has 2 heterocycles. The van der Waals surface area contributed by atoms with Crippen LogP contribution in [0.3, 0.4) is 0 Å². The quantitative estimate of drug-likeness (QED) is 0.746. The monoisotopic (exact) mass is 243 g/mol. The van der Waals surface area contributed by atoms with Crippen molar-refractivity contribution in [1.29, 1.82) is 0 Å². The Morgan fingerprint density at radius 3 is 3.24 bits per heavy atom. The van der Waals surface area contributed by atoms with E-state index in [0.717, 1.165) is 12.1 Å². The second-order valence-electron chi connectivity index (χ2n) is 3.99. The minimum Gasteiger partial charge on any atom is -0.399 e. The first kappa shape index (κ1) is 10.5. The SMILES string of the molecule is Nc1cccc(C2NC3=CCC=NC=C3S2)c1. The number of nitrogens with zero attached hydrogens (tertiary/aromatic N) is 1. The van der Waals surface area contributed by atoms with E-state index in [0.29, 0.717) is 0 Å². The highest BCUT2D eigenvalue weighted by atomic mass is 32.2. The number of allylic oxidation sites excluding steroid dienone is 1. The van der Waals surface area contributed by atoms with Gasteiger partial charge in [0.25, 0.3) is 0 Å². The van der Waals surface area contributed by atoms with E-state index in [-0.39, 0.29) is 5.37 Å². The molecule has 0 aromatic heterocycles. The number of thioether (sulfide) groups is 1. The van der Waals surface area contributed by atoms with Crippen molar-refractivity contribution < 1.29 is 0 Å². The van der Waals surface area contributed by atoms with Crippen molar-refractivity contribution in [2.24, 2.45) is 4.99 Å². The van der Waals surface area contributed by atoms with Crippen molar-refractivity contribution in [3.63, 3.8) is 0 Å². The third-order valence-electron chi connectivity index (χ3n) is 2.73. The molecule has 0 spiro atoms. The molecule has 17 heavy (non-hydrogen) atoms. The lowest BCUT2D eigenvalue weighted by Gasteiger charge is -2.10. The van der Waals surface area contributed by atoms with Crippen molar-refractivity contribution in [3.05, 3.63) is 52.7 Å². The van der Waals surface area contributed by atoms with Gasteiger partial charge in [0.15, 0.2) is 0 Å². The topological polar surface area (TPSA) is 50.4 Å². The zero-order valence-electron chi connectivity index (χ0n) is 9.26.